The first-order valence-electron chi connectivity index (χ1n) is 2.89. The molecule has 0 amide bonds. The van der Waals surface area contributed by atoms with Crippen molar-refractivity contribution >= 4 is 47.0 Å². The van der Waals surface area contributed by atoms with Gasteiger partial charge in [-0.25, -0.2) is 4.52 Å². The van der Waals surface area contributed by atoms with Crippen molar-refractivity contribution in [3.63, 3.8) is 0 Å². The number of benzene rings is 1. The SMILES string of the molecule is O=[P+](S)Oc1ccc(Br)cc1Cl. The summed E-state index contributed by atoms with van der Waals surface area (Å²) >= 11 is 12.6. The Morgan fingerprint density at radius 3 is 2.75 bits per heavy atom. The summed E-state index contributed by atoms with van der Waals surface area (Å²) in [5, 5.41) is 0.404. The summed E-state index contributed by atoms with van der Waals surface area (Å²) in [5.41, 5.74) is 0. The molecule has 0 aromatic heterocycles. The van der Waals surface area contributed by atoms with Crippen molar-refractivity contribution in [1.82, 2.24) is 0 Å². The van der Waals surface area contributed by atoms with Crippen molar-refractivity contribution < 1.29 is 9.09 Å². The smallest absolute Gasteiger partial charge is 0.244 e. The highest BCUT2D eigenvalue weighted by molar-refractivity contribution is 9.10. The maximum absolute atomic E-state index is 10.6. The van der Waals surface area contributed by atoms with E-state index in [4.69, 9.17) is 16.1 Å². The normalized spacial score (nSPS) is 11.1. The molecule has 1 aromatic rings. The van der Waals surface area contributed by atoms with Crippen LogP contribution in [0.1, 0.15) is 0 Å². The number of hydrogen-bond donors (Lipinski definition) is 1. The lowest BCUT2D eigenvalue weighted by Crippen LogP contribution is -1.78. The van der Waals surface area contributed by atoms with Crippen molar-refractivity contribution in [3.05, 3.63) is 27.7 Å². The van der Waals surface area contributed by atoms with E-state index in [1.807, 2.05) is 0 Å². The topological polar surface area (TPSA) is 26.3 Å². The Morgan fingerprint density at radius 1 is 1.58 bits per heavy atom. The first kappa shape index (κ1) is 10.3. The van der Waals surface area contributed by atoms with Gasteiger partial charge in [0.25, 0.3) is 0 Å². The lowest BCUT2D eigenvalue weighted by atomic mass is 10.3. The van der Waals surface area contributed by atoms with Gasteiger partial charge in [-0.05, 0) is 22.8 Å². The average molecular weight is 286 g/mol. The molecular formula is C6H4BrClO2PS+. The molecule has 0 radical (unpaired) electrons. The second-order valence-corrected chi connectivity index (χ2v) is 4.86. The molecule has 0 fully saturated rings. The molecule has 2 nitrogen and oxygen atoms in total. The van der Waals surface area contributed by atoms with Gasteiger partial charge in [-0.15, -0.1) is 0 Å². The van der Waals surface area contributed by atoms with Gasteiger partial charge in [-0.2, -0.15) is 0 Å². The Kier molecular flexibility index (Phi) is 3.84. The molecule has 0 aliphatic rings. The van der Waals surface area contributed by atoms with E-state index in [0.717, 1.165) is 4.47 Å². The zero-order chi connectivity index (χ0) is 9.14. The van der Waals surface area contributed by atoms with E-state index in [-0.39, 0.29) is 0 Å². The third kappa shape index (κ3) is 2.94. The first-order valence-corrected chi connectivity index (χ1v) is 6.39. The Bertz CT molecular complexity index is 320. The van der Waals surface area contributed by atoms with Crippen LogP contribution in [0.2, 0.25) is 5.02 Å². The fourth-order valence-corrected chi connectivity index (χ4v) is 1.99. The van der Waals surface area contributed by atoms with Gasteiger partial charge in [0.05, 0.1) is 5.02 Å². The molecule has 0 spiro atoms. The van der Waals surface area contributed by atoms with E-state index in [1.165, 1.54) is 0 Å². The fraction of sp³-hybridized carbons (Fsp3) is 0. The standard InChI is InChI=1S/C6H3BrClO2PS/c7-4-1-2-6(5(8)3-4)10-11(9)12/h1-3H/p+1. The Labute approximate surface area is 89.4 Å². The van der Waals surface area contributed by atoms with Gasteiger partial charge in [0.1, 0.15) is 0 Å². The molecule has 0 saturated heterocycles. The Balaban J connectivity index is 2.93. The largest absolute Gasteiger partial charge is 0.631 e. The molecule has 64 valence electrons. The van der Waals surface area contributed by atoms with Gasteiger partial charge < -0.3 is 0 Å². The summed E-state index contributed by atoms with van der Waals surface area (Å²) in [4.78, 5) is 0. The van der Waals surface area contributed by atoms with Gasteiger partial charge in [-0.1, -0.05) is 27.5 Å². The number of rotatable bonds is 2. The second kappa shape index (κ2) is 4.47. The van der Waals surface area contributed by atoms with E-state index in [9.17, 15) is 4.57 Å². The highest BCUT2D eigenvalue weighted by atomic mass is 79.9. The monoisotopic (exact) mass is 285 g/mol. The van der Waals surface area contributed by atoms with Gasteiger partial charge in [0, 0.05) is 4.47 Å². The van der Waals surface area contributed by atoms with Gasteiger partial charge >= 0.3 is 7.23 Å². The molecule has 12 heavy (non-hydrogen) atoms. The summed E-state index contributed by atoms with van der Waals surface area (Å²) in [6.45, 7) is 0. The van der Waals surface area contributed by atoms with Crippen LogP contribution < -0.4 is 4.52 Å². The highest BCUT2D eigenvalue weighted by Gasteiger charge is 2.14. The van der Waals surface area contributed by atoms with E-state index in [2.05, 4.69) is 28.2 Å². The van der Waals surface area contributed by atoms with Crippen LogP contribution in [-0.2, 0) is 4.57 Å². The zero-order valence-corrected chi connectivity index (χ0v) is 9.83. The lowest BCUT2D eigenvalue weighted by molar-refractivity contribution is 0.521. The van der Waals surface area contributed by atoms with Crippen molar-refractivity contribution in [1.29, 1.82) is 0 Å². The minimum atomic E-state index is -1.96. The number of thiol groups is 1. The quantitative estimate of drug-likeness (QED) is 0.655. The first-order chi connectivity index (χ1) is 5.59. The van der Waals surface area contributed by atoms with Crippen LogP contribution in [0.3, 0.4) is 0 Å². The molecule has 1 aromatic carbocycles. The van der Waals surface area contributed by atoms with Crippen LogP contribution in [0, 0.1) is 0 Å². The van der Waals surface area contributed by atoms with Crippen molar-refractivity contribution in [2.45, 2.75) is 0 Å². The van der Waals surface area contributed by atoms with Crippen LogP contribution in [0.4, 0.5) is 0 Å². The summed E-state index contributed by atoms with van der Waals surface area (Å²) in [7, 11) is -1.96. The van der Waals surface area contributed by atoms with Crippen LogP contribution in [0.25, 0.3) is 0 Å². The average Bonchev–Trinajstić information content (AvgIpc) is 1.94. The maximum atomic E-state index is 10.6. The molecular weight excluding hydrogens is 282 g/mol. The minimum absolute atomic E-state index is 0.371. The third-order valence-electron chi connectivity index (χ3n) is 1.07. The molecule has 1 atom stereocenters. The van der Waals surface area contributed by atoms with Gasteiger partial charge in [-0.3, -0.25) is 0 Å². The third-order valence-corrected chi connectivity index (χ3v) is 2.46. The molecule has 1 unspecified atom stereocenters. The maximum Gasteiger partial charge on any atom is 0.631 e. The Morgan fingerprint density at radius 2 is 2.25 bits per heavy atom. The summed E-state index contributed by atoms with van der Waals surface area (Å²) < 4.78 is 16.2. The summed E-state index contributed by atoms with van der Waals surface area (Å²) in [6, 6.07) is 5.02. The Hall–Kier alpha value is 0.240. The lowest BCUT2D eigenvalue weighted by Gasteiger charge is -1.95. The minimum Gasteiger partial charge on any atom is -0.244 e. The van der Waals surface area contributed by atoms with Crippen LogP contribution in [0.15, 0.2) is 22.7 Å². The molecule has 0 bridgehead atoms. The highest BCUT2D eigenvalue weighted by Crippen LogP contribution is 2.36. The van der Waals surface area contributed by atoms with E-state index in [0.29, 0.717) is 10.8 Å². The predicted molar refractivity (Wildman–Crippen MR) is 56.4 cm³/mol. The van der Waals surface area contributed by atoms with Crippen LogP contribution >= 0.6 is 47.0 Å². The van der Waals surface area contributed by atoms with E-state index in [1.54, 1.807) is 18.2 Å². The van der Waals surface area contributed by atoms with Crippen molar-refractivity contribution in [2.75, 3.05) is 0 Å². The fourth-order valence-electron chi connectivity index (χ4n) is 0.633. The zero-order valence-electron chi connectivity index (χ0n) is 5.70. The van der Waals surface area contributed by atoms with Crippen LogP contribution in [-0.4, -0.2) is 0 Å². The van der Waals surface area contributed by atoms with Crippen molar-refractivity contribution in [2.24, 2.45) is 0 Å². The van der Waals surface area contributed by atoms with Crippen molar-refractivity contribution in [3.8, 4) is 5.75 Å². The van der Waals surface area contributed by atoms with Gasteiger partial charge in [0.15, 0.2) is 12.2 Å². The predicted octanol–water partition coefficient (Wildman–Crippen LogP) is 4.07. The second-order valence-electron chi connectivity index (χ2n) is 1.90. The van der Waals surface area contributed by atoms with E-state index >= 15 is 0 Å². The molecule has 0 aliphatic carbocycles. The number of halogens is 2. The summed E-state index contributed by atoms with van der Waals surface area (Å²) in [6.07, 6.45) is 0. The number of hydrogen-bond acceptors (Lipinski definition) is 2. The molecule has 0 heterocycles. The summed E-state index contributed by atoms with van der Waals surface area (Å²) in [5.74, 6) is 0.371. The van der Waals surface area contributed by atoms with Gasteiger partial charge in [0.2, 0.25) is 5.75 Å². The molecule has 6 heteroatoms. The molecule has 1 rings (SSSR count). The molecule has 0 saturated carbocycles. The van der Waals surface area contributed by atoms with Crippen LogP contribution in [0.5, 0.6) is 5.75 Å². The molecule has 0 aliphatic heterocycles. The molecule has 0 N–H and O–H groups in total. The van der Waals surface area contributed by atoms with E-state index < -0.39 is 7.23 Å².